The average Bonchev–Trinajstić information content (AvgIpc) is 2.69. The molecular weight excluding hydrogens is 373 g/mol. The number of hydrogen-bond donors (Lipinski definition) is 3. The third-order valence-electron chi connectivity index (χ3n) is 4.02. The van der Waals surface area contributed by atoms with Crippen LogP contribution in [0.4, 0.5) is 10.1 Å². The molecule has 2 aromatic rings. The topological polar surface area (TPSA) is 79.5 Å². The van der Waals surface area contributed by atoms with Crippen LogP contribution in [-0.2, 0) is 16.1 Å². The summed E-state index contributed by atoms with van der Waals surface area (Å²) in [5.41, 5.74) is 1.88. The molecule has 2 aromatic carbocycles. The van der Waals surface area contributed by atoms with Crippen molar-refractivity contribution in [3.8, 4) is 0 Å². The van der Waals surface area contributed by atoms with Crippen molar-refractivity contribution in [2.75, 3.05) is 25.1 Å². The van der Waals surface area contributed by atoms with Gasteiger partial charge in [-0.3, -0.25) is 9.59 Å². The summed E-state index contributed by atoms with van der Waals surface area (Å²) in [6, 6.07) is 12.2. The molecule has 27 heavy (non-hydrogen) atoms. The number of rotatable bonds is 5. The summed E-state index contributed by atoms with van der Waals surface area (Å²) < 4.78 is 18.2. The predicted molar refractivity (Wildman–Crippen MR) is 102 cm³/mol. The maximum Gasteiger partial charge on any atom is 0.255 e. The van der Waals surface area contributed by atoms with Gasteiger partial charge in [0.1, 0.15) is 11.9 Å². The van der Waals surface area contributed by atoms with E-state index >= 15 is 0 Å². The van der Waals surface area contributed by atoms with E-state index in [0.717, 1.165) is 5.56 Å². The lowest BCUT2D eigenvalue weighted by molar-refractivity contribution is -0.126. The molecule has 6 nitrogen and oxygen atoms in total. The number of carbonyl (C=O) groups is 2. The van der Waals surface area contributed by atoms with Gasteiger partial charge in [0.25, 0.3) is 5.91 Å². The summed E-state index contributed by atoms with van der Waals surface area (Å²) in [5, 5.41) is 8.64. The Labute approximate surface area is 162 Å². The minimum absolute atomic E-state index is 0. The average molecular weight is 394 g/mol. The first-order valence-corrected chi connectivity index (χ1v) is 8.36. The van der Waals surface area contributed by atoms with Gasteiger partial charge in [-0.1, -0.05) is 12.1 Å². The minimum Gasteiger partial charge on any atom is -0.378 e. The minimum atomic E-state index is -0.357. The van der Waals surface area contributed by atoms with Gasteiger partial charge in [-0.2, -0.15) is 0 Å². The van der Waals surface area contributed by atoms with Gasteiger partial charge in [-0.05, 0) is 42.0 Å². The lowest BCUT2D eigenvalue weighted by Gasteiger charge is -2.22. The molecule has 0 aliphatic carbocycles. The maximum absolute atomic E-state index is 12.9. The number of carbonyl (C=O) groups excluding carboxylic acids is 2. The standard InChI is InChI=1S/C19H20FN3O3.ClH/c20-15-5-7-16(8-6-15)23-18(24)14-3-1-13(2-4-14)11-22-19(25)17-12-26-10-9-21-17;/h1-8,17,21H,9-12H2,(H,22,25)(H,23,24);1H. The van der Waals surface area contributed by atoms with Crippen LogP contribution in [0, 0.1) is 5.82 Å². The Morgan fingerprint density at radius 3 is 2.44 bits per heavy atom. The van der Waals surface area contributed by atoms with Gasteiger partial charge < -0.3 is 20.7 Å². The second-order valence-corrected chi connectivity index (χ2v) is 5.96. The monoisotopic (exact) mass is 393 g/mol. The first-order chi connectivity index (χ1) is 12.6. The number of anilines is 1. The Kier molecular flexibility index (Phi) is 7.72. The van der Waals surface area contributed by atoms with Crippen LogP contribution >= 0.6 is 12.4 Å². The number of hydrogen-bond acceptors (Lipinski definition) is 4. The van der Waals surface area contributed by atoms with Crippen molar-refractivity contribution in [2.45, 2.75) is 12.6 Å². The molecule has 1 atom stereocenters. The molecule has 1 heterocycles. The number of benzene rings is 2. The molecule has 0 radical (unpaired) electrons. The highest BCUT2D eigenvalue weighted by Gasteiger charge is 2.20. The van der Waals surface area contributed by atoms with Crippen LogP contribution in [0.1, 0.15) is 15.9 Å². The fourth-order valence-electron chi connectivity index (χ4n) is 2.56. The van der Waals surface area contributed by atoms with E-state index in [1.54, 1.807) is 24.3 Å². The molecule has 3 rings (SSSR count). The Morgan fingerprint density at radius 2 is 1.81 bits per heavy atom. The lowest BCUT2D eigenvalue weighted by Crippen LogP contribution is -2.51. The molecule has 1 aliphatic rings. The van der Waals surface area contributed by atoms with Crippen molar-refractivity contribution in [1.82, 2.24) is 10.6 Å². The molecule has 1 unspecified atom stereocenters. The van der Waals surface area contributed by atoms with Crippen LogP contribution in [0.2, 0.25) is 0 Å². The first-order valence-electron chi connectivity index (χ1n) is 8.36. The zero-order valence-electron chi connectivity index (χ0n) is 14.5. The fraction of sp³-hybridized carbons (Fsp3) is 0.263. The van der Waals surface area contributed by atoms with E-state index in [1.807, 2.05) is 0 Å². The quantitative estimate of drug-likeness (QED) is 0.727. The van der Waals surface area contributed by atoms with Crippen molar-refractivity contribution in [3.05, 3.63) is 65.5 Å². The molecule has 1 fully saturated rings. The predicted octanol–water partition coefficient (Wildman–Crippen LogP) is 2.10. The van der Waals surface area contributed by atoms with E-state index < -0.39 is 0 Å². The van der Waals surface area contributed by atoms with E-state index in [-0.39, 0.29) is 36.1 Å². The number of morpholine rings is 1. The smallest absolute Gasteiger partial charge is 0.255 e. The normalized spacial score (nSPS) is 16.1. The van der Waals surface area contributed by atoms with Gasteiger partial charge in [-0.15, -0.1) is 12.4 Å². The molecule has 2 amide bonds. The molecule has 144 valence electrons. The van der Waals surface area contributed by atoms with Crippen molar-refractivity contribution in [3.63, 3.8) is 0 Å². The molecule has 1 saturated heterocycles. The van der Waals surface area contributed by atoms with E-state index in [9.17, 15) is 14.0 Å². The van der Waals surface area contributed by atoms with Crippen molar-refractivity contribution in [1.29, 1.82) is 0 Å². The van der Waals surface area contributed by atoms with Crippen molar-refractivity contribution in [2.24, 2.45) is 0 Å². The molecule has 8 heteroatoms. The van der Waals surface area contributed by atoms with Gasteiger partial charge in [0, 0.05) is 24.3 Å². The number of halogens is 2. The van der Waals surface area contributed by atoms with Crippen LogP contribution in [-0.4, -0.2) is 37.6 Å². The number of ether oxygens (including phenoxy) is 1. The highest BCUT2D eigenvalue weighted by atomic mass is 35.5. The Bertz CT molecular complexity index is 763. The molecule has 0 spiro atoms. The van der Waals surface area contributed by atoms with Gasteiger partial charge in [0.2, 0.25) is 5.91 Å². The van der Waals surface area contributed by atoms with E-state index in [1.165, 1.54) is 24.3 Å². The third kappa shape index (κ3) is 6.02. The summed E-state index contributed by atoms with van der Waals surface area (Å²) in [6.45, 7) is 2.02. The molecule has 0 saturated carbocycles. The summed E-state index contributed by atoms with van der Waals surface area (Å²) in [5.74, 6) is -0.747. The highest BCUT2D eigenvalue weighted by Crippen LogP contribution is 2.11. The van der Waals surface area contributed by atoms with Gasteiger partial charge in [0.15, 0.2) is 0 Å². The van der Waals surface area contributed by atoms with Crippen molar-refractivity contribution >= 4 is 29.9 Å². The van der Waals surface area contributed by atoms with Crippen LogP contribution in [0.3, 0.4) is 0 Å². The Hall–Kier alpha value is -2.48. The molecule has 0 aromatic heterocycles. The number of amides is 2. The first kappa shape index (κ1) is 20.8. The van der Waals surface area contributed by atoms with Crippen LogP contribution in [0.15, 0.2) is 48.5 Å². The Balaban J connectivity index is 0.00000261. The molecule has 1 aliphatic heterocycles. The van der Waals surface area contributed by atoms with E-state index in [2.05, 4.69) is 16.0 Å². The zero-order valence-corrected chi connectivity index (χ0v) is 15.4. The van der Waals surface area contributed by atoms with Gasteiger partial charge >= 0.3 is 0 Å². The second kappa shape index (κ2) is 10.0. The highest BCUT2D eigenvalue weighted by molar-refractivity contribution is 6.04. The lowest BCUT2D eigenvalue weighted by atomic mass is 10.1. The summed E-state index contributed by atoms with van der Waals surface area (Å²) >= 11 is 0. The summed E-state index contributed by atoms with van der Waals surface area (Å²) in [6.07, 6.45) is 0. The van der Waals surface area contributed by atoms with Crippen LogP contribution in [0.25, 0.3) is 0 Å². The van der Waals surface area contributed by atoms with Crippen LogP contribution < -0.4 is 16.0 Å². The summed E-state index contributed by atoms with van der Waals surface area (Å²) in [7, 11) is 0. The Morgan fingerprint density at radius 1 is 1.11 bits per heavy atom. The maximum atomic E-state index is 12.9. The van der Waals surface area contributed by atoms with Crippen molar-refractivity contribution < 1.29 is 18.7 Å². The largest absolute Gasteiger partial charge is 0.378 e. The molecular formula is C19H21ClFN3O3. The molecule has 0 bridgehead atoms. The third-order valence-corrected chi connectivity index (χ3v) is 4.02. The SMILES string of the molecule is Cl.O=C(Nc1ccc(F)cc1)c1ccc(CNC(=O)C2COCCN2)cc1. The number of nitrogens with one attached hydrogen (secondary N) is 3. The molecule has 3 N–H and O–H groups in total. The van der Waals surface area contributed by atoms with Crippen LogP contribution in [0.5, 0.6) is 0 Å². The summed E-state index contributed by atoms with van der Waals surface area (Å²) in [4.78, 5) is 24.2. The van der Waals surface area contributed by atoms with Gasteiger partial charge in [-0.25, -0.2) is 4.39 Å². The van der Waals surface area contributed by atoms with Gasteiger partial charge in [0.05, 0.1) is 13.2 Å². The second-order valence-electron chi connectivity index (χ2n) is 5.96. The van der Waals surface area contributed by atoms with E-state index in [0.29, 0.717) is 37.6 Å². The van der Waals surface area contributed by atoms with E-state index in [4.69, 9.17) is 4.74 Å². The fourth-order valence-corrected chi connectivity index (χ4v) is 2.56. The zero-order chi connectivity index (χ0) is 18.4.